The van der Waals surface area contributed by atoms with Crippen LogP contribution in [0.25, 0.3) is 0 Å². The number of piperidine rings is 1. The van der Waals surface area contributed by atoms with Crippen LogP contribution in [0.15, 0.2) is 36.5 Å². The molecule has 1 aromatic carbocycles. The van der Waals surface area contributed by atoms with Gasteiger partial charge in [0.25, 0.3) is 5.91 Å². The number of β-amino-alcohol motifs (C(OH)–C–C–N with tert-alkyl or cyclic N) is 1. The summed E-state index contributed by atoms with van der Waals surface area (Å²) in [7, 11) is 0. The van der Waals surface area contributed by atoms with Crippen LogP contribution < -0.4 is 0 Å². The summed E-state index contributed by atoms with van der Waals surface area (Å²) >= 11 is 0. The number of hydrogen-bond donors (Lipinski definition) is 1. The first-order valence-electron chi connectivity index (χ1n) is 8.10. The normalized spacial score (nSPS) is 21.4. The third-order valence-corrected chi connectivity index (χ3v) is 4.71. The molecule has 1 amide bonds. The van der Waals surface area contributed by atoms with E-state index in [2.05, 4.69) is 5.10 Å². The molecule has 1 saturated heterocycles. The zero-order chi connectivity index (χ0) is 16.4. The van der Waals surface area contributed by atoms with Crippen LogP contribution in [0.1, 0.15) is 35.0 Å². The fourth-order valence-electron chi connectivity index (χ4n) is 2.98. The number of hydrogen-bond acceptors (Lipinski definition) is 3. The van der Waals surface area contributed by atoms with Crippen molar-refractivity contribution in [3.05, 3.63) is 53.3 Å². The largest absolute Gasteiger partial charge is 0.391 e. The lowest BCUT2D eigenvalue weighted by atomic mass is 9.95. The molecule has 0 spiro atoms. The van der Waals surface area contributed by atoms with Crippen LogP contribution >= 0.6 is 0 Å². The van der Waals surface area contributed by atoms with Crippen molar-refractivity contribution in [2.24, 2.45) is 5.92 Å². The highest BCUT2D eigenvalue weighted by molar-refractivity contribution is 5.95. The third kappa shape index (κ3) is 3.29. The summed E-state index contributed by atoms with van der Waals surface area (Å²) in [5, 5.41) is 14.4. The molecule has 0 aliphatic carbocycles. The number of carbonyl (C=O) groups excluding carboxylic acids is 1. The van der Waals surface area contributed by atoms with Crippen LogP contribution in [0.4, 0.5) is 0 Å². The molecule has 1 N–H and O–H groups in total. The number of benzene rings is 1. The number of carbonyl (C=O) groups is 1. The van der Waals surface area contributed by atoms with E-state index in [9.17, 15) is 9.90 Å². The van der Waals surface area contributed by atoms with Gasteiger partial charge in [0.1, 0.15) is 0 Å². The number of nitrogens with zero attached hydrogens (tertiary/aromatic N) is 3. The van der Waals surface area contributed by atoms with Crippen molar-refractivity contribution in [1.29, 1.82) is 0 Å². The predicted molar refractivity (Wildman–Crippen MR) is 88.2 cm³/mol. The van der Waals surface area contributed by atoms with Gasteiger partial charge in [-0.25, -0.2) is 0 Å². The highest BCUT2D eigenvalue weighted by atomic mass is 16.3. The van der Waals surface area contributed by atoms with Crippen molar-refractivity contribution >= 4 is 5.91 Å². The van der Waals surface area contributed by atoms with Gasteiger partial charge in [-0.1, -0.05) is 37.3 Å². The van der Waals surface area contributed by atoms with E-state index >= 15 is 0 Å². The molecule has 1 aromatic heterocycles. The van der Waals surface area contributed by atoms with Crippen molar-refractivity contribution in [3.63, 3.8) is 0 Å². The van der Waals surface area contributed by atoms with E-state index in [-0.39, 0.29) is 11.8 Å². The molecule has 23 heavy (non-hydrogen) atoms. The summed E-state index contributed by atoms with van der Waals surface area (Å²) in [6.07, 6.45) is 2.04. The van der Waals surface area contributed by atoms with Crippen LogP contribution in [0.3, 0.4) is 0 Å². The number of amides is 1. The van der Waals surface area contributed by atoms with Gasteiger partial charge >= 0.3 is 0 Å². The Morgan fingerprint density at radius 2 is 2.09 bits per heavy atom. The summed E-state index contributed by atoms with van der Waals surface area (Å²) in [6.45, 7) is 5.70. The molecule has 0 bridgehead atoms. The summed E-state index contributed by atoms with van der Waals surface area (Å²) in [4.78, 5) is 14.4. The average Bonchev–Trinajstić information content (AvgIpc) is 2.91. The van der Waals surface area contributed by atoms with E-state index < -0.39 is 6.10 Å². The van der Waals surface area contributed by atoms with E-state index in [0.717, 1.165) is 17.7 Å². The zero-order valence-electron chi connectivity index (χ0n) is 13.6. The minimum absolute atomic E-state index is 0.0345. The molecule has 2 aromatic rings. The second-order valence-electron chi connectivity index (χ2n) is 6.37. The quantitative estimate of drug-likeness (QED) is 0.944. The monoisotopic (exact) mass is 313 g/mol. The molecule has 5 nitrogen and oxygen atoms in total. The van der Waals surface area contributed by atoms with Crippen molar-refractivity contribution in [3.8, 4) is 0 Å². The second-order valence-corrected chi connectivity index (χ2v) is 6.37. The molecule has 1 aliphatic heterocycles. The van der Waals surface area contributed by atoms with Gasteiger partial charge in [-0.15, -0.1) is 0 Å². The van der Waals surface area contributed by atoms with E-state index in [0.29, 0.717) is 25.2 Å². The molecular weight excluding hydrogens is 290 g/mol. The van der Waals surface area contributed by atoms with Crippen LogP contribution in [0.2, 0.25) is 0 Å². The van der Waals surface area contributed by atoms with Gasteiger partial charge in [0.15, 0.2) is 0 Å². The van der Waals surface area contributed by atoms with Gasteiger partial charge in [0, 0.05) is 18.8 Å². The standard InChI is InChI=1S/C18H23N3O2/c1-13-8-9-20(12-17(13)22)18(23)16-10-19-21(14(16)2)11-15-6-4-3-5-7-15/h3-7,10,13,17,22H,8-9,11-12H2,1-2H3. The fraction of sp³-hybridized carbons (Fsp3) is 0.444. The zero-order valence-corrected chi connectivity index (χ0v) is 13.6. The summed E-state index contributed by atoms with van der Waals surface area (Å²) in [6, 6.07) is 10.1. The highest BCUT2D eigenvalue weighted by Gasteiger charge is 2.29. The Morgan fingerprint density at radius 1 is 1.35 bits per heavy atom. The third-order valence-electron chi connectivity index (χ3n) is 4.71. The lowest BCUT2D eigenvalue weighted by Crippen LogP contribution is -2.45. The van der Waals surface area contributed by atoms with Crippen molar-refractivity contribution in [1.82, 2.24) is 14.7 Å². The second kappa shape index (κ2) is 6.54. The number of aromatic nitrogens is 2. The van der Waals surface area contributed by atoms with E-state index in [1.165, 1.54) is 0 Å². The maximum Gasteiger partial charge on any atom is 0.257 e. The number of aliphatic hydroxyl groups excluding tert-OH is 1. The van der Waals surface area contributed by atoms with Gasteiger partial charge in [-0.3, -0.25) is 9.48 Å². The van der Waals surface area contributed by atoms with Gasteiger partial charge in [0.2, 0.25) is 0 Å². The first-order chi connectivity index (χ1) is 11.1. The number of rotatable bonds is 3. The smallest absolute Gasteiger partial charge is 0.257 e. The Morgan fingerprint density at radius 3 is 2.78 bits per heavy atom. The highest BCUT2D eigenvalue weighted by Crippen LogP contribution is 2.20. The molecule has 0 radical (unpaired) electrons. The Bertz CT molecular complexity index is 681. The predicted octanol–water partition coefficient (Wildman–Crippen LogP) is 2.08. The molecule has 122 valence electrons. The SMILES string of the molecule is Cc1c(C(=O)N2CCC(C)C(O)C2)cnn1Cc1ccccc1. The van der Waals surface area contributed by atoms with Crippen molar-refractivity contribution < 1.29 is 9.90 Å². The van der Waals surface area contributed by atoms with Crippen molar-refractivity contribution in [2.75, 3.05) is 13.1 Å². The minimum Gasteiger partial charge on any atom is -0.391 e. The summed E-state index contributed by atoms with van der Waals surface area (Å²) in [5.41, 5.74) is 2.65. The van der Waals surface area contributed by atoms with E-state index in [1.807, 2.05) is 48.9 Å². The molecule has 2 unspecified atom stereocenters. The van der Waals surface area contributed by atoms with Crippen LogP contribution in [-0.2, 0) is 6.54 Å². The summed E-state index contributed by atoms with van der Waals surface area (Å²) in [5.74, 6) is 0.216. The number of likely N-dealkylation sites (tertiary alicyclic amines) is 1. The molecule has 2 atom stereocenters. The Balaban J connectivity index is 1.75. The molecule has 0 saturated carbocycles. The summed E-state index contributed by atoms with van der Waals surface area (Å²) < 4.78 is 1.85. The van der Waals surface area contributed by atoms with Crippen molar-refractivity contribution in [2.45, 2.75) is 32.9 Å². The average molecular weight is 313 g/mol. The first kappa shape index (κ1) is 15.7. The molecule has 1 fully saturated rings. The van der Waals surface area contributed by atoms with Gasteiger partial charge < -0.3 is 10.0 Å². The van der Waals surface area contributed by atoms with E-state index in [1.54, 1.807) is 11.1 Å². The topological polar surface area (TPSA) is 58.4 Å². The van der Waals surface area contributed by atoms with Crippen LogP contribution in [-0.4, -0.2) is 44.9 Å². The maximum atomic E-state index is 12.7. The molecule has 3 rings (SSSR count). The Labute approximate surface area is 136 Å². The Hall–Kier alpha value is -2.14. The fourth-order valence-corrected chi connectivity index (χ4v) is 2.98. The molecule has 5 heteroatoms. The lowest BCUT2D eigenvalue weighted by Gasteiger charge is -2.34. The van der Waals surface area contributed by atoms with Gasteiger partial charge in [0.05, 0.1) is 24.4 Å². The van der Waals surface area contributed by atoms with Crippen LogP contribution in [0, 0.1) is 12.8 Å². The number of aliphatic hydroxyl groups is 1. The van der Waals surface area contributed by atoms with Gasteiger partial charge in [-0.2, -0.15) is 5.10 Å². The molecule has 2 heterocycles. The Kier molecular flexibility index (Phi) is 4.48. The maximum absolute atomic E-state index is 12.7. The molecular formula is C18H23N3O2. The molecule has 1 aliphatic rings. The van der Waals surface area contributed by atoms with E-state index in [4.69, 9.17) is 0 Å². The first-order valence-corrected chi connectivity index (χ1v) is 8.10. The lowest BCUT2D eigenvalue weighted by molar-refractivity contribution is 0.0248. The minimum atomic E-state index is -0.438. The van der Waals surface area contributed by atoms with Crippen LogP contribution in [0.5, 0.6) is 0 Å². The van der Waals surface area contributed by atoms with Gasteiger partial charge in [-0.05, 0) is 24.8 Å².